The standard InChI is InChI=1S/C26H20N2O6S4/c1-16-6-10-22-21(12-16)27(14-37(29,30)31)24(35-22)13-25-28(15-38(32,33)34)26-20-8-7-17-4-2-3-5-18(17)19(20)9-11-23(26)36-25/h2-13H,14-15H2,1H3,(H-,29,30,31,32,33,34)/p+1. The van der Waals surface area contributed by atoms with Crippen molar-refractivity contribution >= 4 is 86.9 Å². The summed E-state index contributed by atoms with van der Waals surface area (Å²) in [7, 11) is -8.79. The second-order valence-corrected chi connectivity index (χ2v) is 14.0. The molecule has 0 unspecified atom stereocenters. The predicted octanol–water partition coefficient (Wildman–Crippen LogP) is 5.40. The van der Waals surface area contributed by atoms with Crippen LogP contribution in [0.2, 0.25) is 0 Å². The van der Waals surface area contributed by atoms with Gasteiger partial charge in [-0.25, -0.2) is 0 Å². The first-order chi connectivity index (χ1) is 18.0. The summed E-state index contributed by atoms with van der Waals surface area (Å²) in [6, 6.07) is 21.4. The zero-order chi connectivity index (χ0) is 26.8. The molecular weight excluding hydrogens is 565 g/mol. The first-order valence-corrected chi connectivity index (χ1v) is 16.3. The molecule has 1 aliphatic rings. The highest BCUT2D eigenvalue weighted by atomic mass is 32.2. The molecule has 0 atom stereocenters. The van der Waals surface area contributed by atoms with Gasteiger partial charge in [-0.15, -0.1) is 0 Å². The third-order valence-electron chi connectivity index (χ3n) is 6.33. The largest absolute Gasteiger partial charge is 0.326 e. The Balaban J connectivity index is 1.61. The summed E-state index contributed by atoms with van der Waals surface area (Å²) >= 11 is 2.66. The molecule has 1 aromatic heterocycles. The minimum atomic E-state index is -4.42. The van der Waals surface area contributed by atoms with Crippen LogP contribution in [-0.4, -0.2) is 31.8 Å². The number of aromatic nitrogens is 1. The van der Waals surface area contributed by atoms with Gasteiger partial charge in [0.2, 0.25) is 5.52 Å². The van der Waals surface area contributed by atoms with Crippen LogP contribution in [0, 0.1) is 6.92 Å². The van der Waals surface area contributed by atoms with Gasteiger partial charge in [-0.2, -0.15) is 21.4 Å². The monoisotopic (exact) mass is 585 g/mol. The third kappa shape index (κ3) is 4.68. The zero-order valence-electron chi connectivity index (χ0n) is 19.9. The molecule has 38 heavy (non-hydrogen) atoms. The molecule has 4 aromatic carbocycles. The lowest BCUT2D eigenvalue weighted by molar-refractivity contribution is -0.648. The Labute approximate surface area is 227 Å². The number of aryl methyl sites for hydroxylation is 1. The van der Waals surface area contributed by atoms with Gasteiger partial charge >= 0.3 is 10.1 Å². The van der Waals surface area contributed by atoms with Crippen LogP contribution in [0.5, 0.6) is 0 Å². The van der Waals surface area contributed by atoms with Gasteiger partial charge in [0, 0.05) is 4.90 Å². The molecule has 0 bridgehead atoms. The topological polar surface area (TPSA) is 116 Å². The van der Waals surface area contributed by atoms with Crippen LogP contribution in [0.3, 0.4) is 0 Å². The van der Waals surface area contributed by atoms with Gasteiger partial charge in [-0.3, -0.25) is 9.11 Å². The minimum Gasteiger partial charge on any atom is -0.317 e. The van der Waals surface area contributed by atoms with Gasteiger partial charge in [0.1, 0.15) is 4.70 Å². The van der Waals surface area contributed by atoms with E-state index in [4.69, 9.17) is 0 Å². The fourth-order valence-corrected chi connectivity index (χ4v) is 8.44. The summed E-state index contributed by atoms with van der Waals surface area (Å²) in [5.74, 6) is -1.33. The fraction of sp³-hybridized carbons (Fsp3) is 0.115. The lowest BCUT2D eigenvalue weighted by Gasteiger charge is -2.18. The number of hydrogen-bond acceptors (Lipinski definition) is 7. The second-order valence-electron chi connectivity index (χ2n) is 9.07. The molecule has 0 aliphatic carbocycles. The van der Waals surface area contributed by atoms with E-state index in [0.717, 1.165) is 36.7 Å². The second kappa shape index (κ2) is 9.04. The van der Waals surface area contributed by atoms with Crippen molar-refractivity contribution in [3.8, 4) is 0 Å². The Kier molecular flexibility index (Phi) is 6.02. The van der Waals surface area contributed by atoms with Crippen LogP contribution in [0.25, 0.3) is 37.8 Å². The van der Waals surface area contributed by atoms with Gasteiger partial charge in [-0.1, -0.05) is 65.6 Å². The molecule has 0 saturated carbocycles. The summed E-state index contributed by atoms with van der Waals surface area (Å²) < 4.78 is 69.9. The van der Waals surface area contributed by atoms with E-state index in [1.807, 2.05) is 73.7 Å². The molecule has 2 heterocycles. The highest BCUT2D eigenvalue weighted by molar-refractivity contribution is 8.04. The smallest absolute Gasteiger partial charge is 0.317 e. The Bertz CT molecular complexity index is 2030. The van der Waals surface area contributed by atoms with Gasteiger partial charge in [0.05, 0.1) is 22.2 Å². The van der Waals surface area contributed by atoms with Crippen molar-refractivity contribution < 1.29 is 30.5 Å². The van der Waals surface area contributed by atoms with Crippen molar-refractivity contribution in [2.45, 2.75) is 17.7 Å². The van der Waals surface area contributed by atoms with Gasteiger partial charge in [-0.05, 0) is 52.9 Å². The molecule has 0 radical (unpaired) electrons. The lowest BCUT2D eigenvalue weighted by atomic mass is 10.0. The van der Waals surface area contributed by atoms with E-state index in [-0.39, 0.29) is 0 Å². The number of fused-ring (bicyclic) bond motifs is 6. The molecule has 0 saturated heterocycles. The Hall–Kier alpha value is -3.00. The van der Waals surface area contributed by atoms with Crippen molar-refractivity contribution in [2.75, 3.05) is 10.8 Å². The predicted molar refractivity (Wildman–Crippen MR) is 152 cm³/mol. The highest BCUT2D eigenvalue weighted by Gasteiger charge is 2.32. The summed E-state index contributed by atoms with van der Waals surface area (Å²) in [6.07, 6.45) is 1.70. The maximum atomic E-state index is 12.1. The normalized spacial score (nSPS) is 15.2. The molecule has 8 nitrogen and oxygen atoms in total. The fourth-order valence-electron chi connectivity index (χ4n) is 4.81. The highest BCUT2D eigenvalue weighted by Crippen LogP contribution is 2.47. The van der Waals surface area contributed by atoms with E-state index < -0.39 is 32.0 Å². The molecule has 12 heteroatoms. The average Bonchev–Trinajstić information content (AvgIpc) is 3.34. The van der Waals surface area contributed by atoms with Crippen molar-refractivity contribution in [1.29, 1.82) is 0 Å². The molecule has 1 aliphatic heterocycles. The van der Waals surface area contributed by atoms with Crippen molar-refractivity contribution in [3.63, 3.8) is 0 Å². The molecule has 6 rings (SSSR count). The summed E-state index contributed by atoms with van der Waals surface area (Å²) in [4.78, 5) is 2.31. The number of hydrogen-bond donors (Lipinski definition) is 2. The maximum Gasteiger partial charge on any atom is 0.326 e. The lowest BCUT2D eigenvalue weighted by Crippen LogP contribution is -2.39. The van der Waals surface area contributed by atoms with E-state index >= 15 is 0 Å². The molecule has 5 aromatic rings. The molecule has 0 amide bonds. The van der Waals surface area contributed by atoms with Crippen molar-refractivity contribution in [3.05, 3.63) is 82.3 Å². The van der Waals surface area contributed by atoms with Crippen molar-refractivity contribution in [1.82, 2.24) is 0 Å². The summed E-state index contributed by atoms with van der Waals surface area (Å²) in [6.45, 7) is 1.89. The van der Waals surface area contributed by atoms with Crippen LogP contribution >= 0.6 is 23.1 Å². The number of nitrogens with zero attached hydrogens (tertiary/aromatic N) is 2. The van der Waals surface area contributed by atoms with Crippen LogP contribution in [0.1, 0.15) is 10.6 Å². The Morgan fingerprint density at radius 1 is 0.895 bits per heavy atom. The van der Waals surface area contributed by atoms with Gasteiger partial charge in [0.15, 0.2) is 5.88 Å². The molecule has 0 spiro atoms. The maximum absolute atomic E-state index is 12.1. The number of anilines is 1. The third-order valence-corrected chi connectivity index (χ3v) is 9.71. The van der Waals surface area contributed by atoms with Gasteiger partial charge in [0.25, 0.3) is 21.0 Å². The van der Waals surface area contributed by atoms with E-state index in [1.165, 1.54) is 28.0 Å². The number of thioether (sulfide) groups is 1. The van der Waals surface area contributed by atoms with Crippen LogP contribution < -0.4 is 9.47 Å². The zero-order valence-corrected chi connectivity index (χ0v) is 23.2. The van der Waals surface area contributed by atoms with E-state index in [2.05, 4.69) is 0 Å². The number of benzene rings is 4. The van der Waals surface area contributed by atoms with Crippen molar-refractivity contribution in [2.24, 2.45) is 0 Å². The van der Waals surface area contributed by atoms with Crippen LogP contribution in [0.4, 0.5) is 5.69 Å². The van der Waals surface area contributed by atoms with Crippen LogP contribution in [-0.2, 0) is 26.1 Å². The summed E-state index contributed by atoms with van der Waals surface area (Å²) in [5.41, 5.74) is 2.21. The minimum absolute atomic E-state index is 0.505. The number of thiazole rings is 1. The Morgan fingerprint density at radius 3 is 2.42 bits per heavy atom. The average molecular weight is 586 g/mol. The van der Waals surface area contributed by atoms with E-state index in [9.17, 15) is 25.9 Å². The molecular formula is C26H21N2O6S4+. The quantitative estimate of drug-likeness (QED) is 0.160. The SMILES string of the molecule is Cc1ccc2c(c1)N(CS(=O)(=O)O)C(=Cc1sc3ccc4c5ccccc5ccc4c3[n+]1CS(=O)(=O)O)S2. The first-order valence-electron chi connectivity index (χ1n) is 11.4. The first kappa shape index (κ1) is 25.3. The molecule has 194 valence electrons. The van der Waals surface area contributed by atoms with E-state index in [0.29, 0.717) is 21.2 Å². The molecule has 0 fully saturated rings. The Morgan fingerprint density at radius 2 is 1.66 bits per heavy atom. The van der Waals surface area contributed by atoms with Crippen LogP contribution in [0.15, 0.2) is 76.7 Å². The molecule has 2 N–H and O–H groups in total. The van der Waals surface area contributed by atoms with E-state index in [1.54, 1.807) is 10.6 Å². The van der Waals surface area contributed by atoms with Gasteiger partial charge < -0.3 is 4.90 Å². The number of rotatable bonds is 5. The summed E-state index contributed by atoms with van der Waals surface area (Å²) in [5, 5.41) is 4.86.